The predicted octanol–water partition coefficient (Wildman–Crippen LogP) is 4.36. The van der Waals surface area contributed by atoms with E-state index in [0.29, 0.717) is 22.6 Å². The minimum Gasteiger partial charge on any atom is -0.329 e. The van der Waals surface area contributed by atoms with Gasteiger partial charge in [-0.15, -0.1) is 0 Å². The molecule has 2 unspecified atom stereocenters. The molecule has 2 nitrogen and oxygen atoms in total. The van der Waals surface area contributed by atoms with Crippen LogP contribution >= 0.6 is 23.2 Å². The molecule has 1 rings (SSSR count). The largest absolute Gasteiger partial charge is 0.329 e. The number of hydrogen-bond donors (Lipinski definition) is 1. The molecule has 0 radical (unpaired) electrons. The molecular formula is C15H24Cl2N2. The first-order chi connectivity index (χ1) is 8.68. The zero-order chi connectivity index (χ0) is 14.8. The van der Waals surface area contributed by atoms with E-state index < -0.39 is 0 Å². The second-order valence-corrected chi connectivity index (χ2v) is 6.97. The molecule has 0 saturated carbocycles. The Hall–Kier alpha value is -0.280. The van der Waals surface area contributed by atoms with Gasteiger partial charge in [-0.25, -0.2) is 0 Å². The van der Waals surface area contributed by atoms with E-state index in [-0.39, 0.29) is 11.5 Å². The fourth-order valence-corrected chi connectivity index (χ4v) is 2.70. The topological polar surface area (TPSA) is 29.3 Å². The van der Waals surface area contributed by atoms with Crippen molar-refractivity contribution in [3.05, 3.63) is 33.8 Å². The van der Waals surface area contributed by atoms with Gasteiger partial charge in [0.05, 0.1) is 0 Å². The summed E-state index contributed by atoms with van der Waals surface area (Å²) in [5.74, 6) is 0. The third kappa shape index (κ3) is 4.09. The number of rotatable bonds is 4. The van der Waals surface area contributed by atoms with Crippen molar-refractivity contribution in [1.82, 2.24) is 4.90 Å². The van der Waals surface area contributed by atoms with Crippen LogP contribution in [-0.4, -0.2) is 24.5 Å². The van der Waals surface area contributed by atoms with Crippen LogP contribution in [0.3, 0.4) is 0 Å². The van der Waals surface area contributed by atoms with Crippen LogP contribution in [0, 0.1) is 5.41 Å². The van der Waals surface area contributed by atoms with E-state index in [1.807, 2.05) is 12.1 Å². The summed E-state index contributed by atoms with van der Waals surface area (Å²) in [5.41, 5.74) is 7.18. The molecule has 0 saturated heterocycles. The summed E-state index contributed by atoms with van der Waals surface area (Å²) in [6, 6.07) is 6.08. The van der Waals surface area contributed by atoms with Crippen LogP contribution in [0.2, 0.25) is 10.0 Å². The van der Waals surface area contributed by atoms with Crippen LogP contribution in [0.1, 0.15) is 39.3 Å². The minimum atomic E-state index is 0.0963. The van der Waals surface area contributed by atoms with Crippen LogP contribution in [0.25, 0.3) is 0 Å². The molecule has 0 amide bonds. The molecule has 0 aliphatic rings. The molecule has 0 fully saturated rings. The van der Waals surface area contributed by atoms with E-state index in [9.17, 15) is 0 Å². The van der Waals surface area contributed by atoms with Gasteiger partial charge in [0.1, 0.15) is 0 Å². The molecule has 108 valence electrons. The summed E-state index contributed by atoms with van der Waals surface area (Å²) in [5, 5.41) is 1.33. The molecule has 0 spiro atoms. The Morgan fingerprint density at radius 1 is 1.26 bits per heavy atom. The van der Waals surface area contributed by atoms with Gasteiger partial charge in [0.2, 0.25) is 0 Å². The fourth-order valence-electron chi connectivity index (χ4n) is 2.17. The Morgan fingerprint density at radius 3 is 2.26 bits per heavy atom. The Kier molecular flexibility index (Phi) is 5.69. The van der Waals surface area contributed by atoms with Gasteiger partial charge >= 0.3 is 0 Å². The van der Waals surface area contributed by atoms with E-state index in [0.717, 1.165) is 5.56 Å². The third-order valence-corrected chi connectivity index (χ3v) is 4.46. The van der Waals surface area contributed by atoms with E-state index >= 15 is 0 Å². The molecule has 2 N–H and O–H groups in total. The Labute approximate surface area is 126 Å². The summed E-state index contributed by atoms with van der Waals surface area (Å²) in [6.07, 6.45) is 0. The molecule has 0 aromatic heterocycles. The first-order valence-corrected chi connectivity index (χ1v) is 7.31. The number of likely N-dealkylation sites (N-methyl/N-ethyl adjacent to an activating group) is 1. The number of benzene rings is 1. The van der Waals surface area contributed by atoms with Gasteiger partial charge in [-0.1, -0.05) is 50.0 Å². The van der Waals surface area contributed by atoms with Gasteiger partial charge in [-0.05, 0) is 37.1 Å². The van der Waals surface area contributed by atoms with Gasteiger partial charge in [0.25, 0.3) is 0 Å². The van der Waals surface area contributed by atoms with Crippen LogP contribution in [-0.2, 0) is 0 Å². The Morgan fingerprint density at radius 2 is 1.84 bits per heavy atom. The maximum Gasteiger partial charge on any atom is 0.0485 e. The highest BCUT2D eigenvalue weighted by Gasteiger charge is 2.29. The monoisotopic (exact) mass is 302 g/mol. The molecule has 0 aliphatic carbocycles. The Balaban J connectivity index is 3.06. The lowest BCUT2D eigenvalue weighted by Gasteiger charge is -2.40. The van der Waals surface area contributed by atoms with E-state index in [1.165, 1.54) is 0 Å². The molecule has 2 atom stereocenters. The number of nitrogens with two attached hydrogens (primary N) is 1. The molecule has 1 aromatic rings. The standard InChI is InChI=1S/C15H24Cl2N2/c1-10(15(2,3)4)19(5)14(9-18)12-7-6-11(16)8-13(12)17/h6-8,10,14H,9,18H2,1-5H3. The molecular weight excluding hydrogens is 279 g/mol. The number of nitrogens with zero attached hydrogens (tertiary/aromatic N) is 1. The van der Waals surface area contributed by atoms with Crippen LogP contribution < -0.4 is 5.73 Å². The van der Waals surface area contributed by atoms with Crippen molar-refractivity contribution in [1.29, 1.82) is 0 Å². The zero-order valence-electron chi connectivity index (χ0n) is 12.4. The smallest absolute Gasteiger partial charge is 0.0485 e. The average molecular weight is 303 g/mol. The lowest BCUT2D eigenvalue weighted by molar-refractivity contribution is 0.100. The first kappa shape index (κ1) is 16.8. The summed E-state index contributed by atoms with van der Waals surface area (Å²) in [4.78, 5) is 2.29. The van der Waals surface area contributed by atoms with Crippen molar-refractivity contribution in [2.45, 2.75) is 39.8 Å². The van der Waals surface area contributed by atoms with Crippen molar-refractivity contribution in [2.24, 2.45) is 11.1 Å². The van der Waals surface area contributed by atoms with Gasteiger partial charge < -0.3 is 5.73 Å². The van der Waals surface area contributed by atoms with Crippen molar-refractivity contribution in [2.75, 3.05) is 13.6 Å². The van der Waals surface area contributed by atoms with E-state index in [2.05, 4.69) is 39.6 Å². The normalized spacial score (nSPS) is 15.6. The summed E-state index contributed by atoms with van der Waals surface area (Å²) < 4.78 is 0. The lowest BCUT2D eigenvalue weighted by atomic mass is 9.86. The number of hydrogen-bond acceptors (Lipinski definition) is 2. The van der Waals surface area contributed by atoms with Crippen molar-refractivity contribution in [3.63, 3.8) is 0 Å². The van der Waals surface area contributed by atoms with Crippen molar-refractivity contribution >= 4 is 23.2 Å². The predicted molar refractivity (Wildman–Crippen MR) is 84.9 cm³/mol. The first-order valence-electron chi connectivity index (χ1n) is 6.55. The maximum absolute atomic E-state index is 6.30. The number of halogens is 2. The second-order valence-electron chi connectivity index (χ2n) is 6.12. The van der Waals surface area contributed by atoms with Crippen molar-refractivity contribution < 1.29 is 0 Å². The van der Waals surface area contributed by atoms with Crippen LogP contribution in [0.15, 0.2) is 18.2 Å². The van der Waals surface area contributed by atoms with Crippen LogP contribution in [0.5, 0.6) is 0 Å². The van der Waals surface area contributed by atoms with Crippen LogP contribution in [0.4, 0.5) is 0 Å². The summed E-state index contributed by atoms with van der Waals surface area (Å²) in [6.45, 7) is 9.42. The molecule has 19 heavy (non-hydrogen) atoms. The fraction of sp³-hybridized carbons (Fsp3) is 0.600. The highest BCUT2D eigenvalue weighted by atomic mass is 35.5. The van der Waals surface area contributed by atoms with Gasteiger partial charge in [-0.3, -0.25) is 4.90 Å². The molecule has 0 heterocycles. The van der Waals surface area contributed by atoms with E-state index in [4.69, 9.17) is 28.9 Å². The molecule has 0 bridgehead atoms. The summed E-state index contributed by atoms with van der Waals surface area (Å²) >= 11 is 12.2. The van der Waals surface area contributed by atoms with Gasteiger partial charge in [0, 0.05) is 28.7 Å². The lowest BCUT2D eigenvalue weighted by Crippen LogP contribution is -2.43. The Bertz CT molecular complexity index is 427. The van der Waals surface area contributed by atoms with Gasteiger partial charge in [0.15, 0.2) is 0 Å². The van der Waals surface area contributed by atoms with Gasteiger partial charge in [-0.2, -0.15) is 0 Å². The molecule has 1 aromatic carbocycles. The highest BCUT2D eigenvalue weighted by Crippen LogP contribution is 2.33. The average Bonchev–Trinajstić information content (AvgIpc) is 2.30. The zero-order valence-corrected chi connectivity index (χ0v) is 13.9. The minimum absolute atomic E-state index is 0.0963. The maximum atomic E-state index is 6.30. The molecule has 0 aliphatic heterocycles. The molecule has 4 heteroatoms. The quantitative estimate of drug-likeness (QED) is 0.895. The second kappa shape index (κ2) is 6.45. The summed E-state index contributed by atoms with van der Waals surface area (Å²) in [7, 11) is 2.10. The highest BCUT2D eigenvalue weighted by molar-refractivity contribution is 6.35. The third-order valence-electron chi connectivity index (χ3n) is 3.90. The van der Waals surface area contributed by atoms with Crippen molar-refractivity contribution in [3.8, 4) is 0 Å². The SMILES string of the molecule is CC(N(C)C(CN)c1ccc(Cl)cc1Cl)C(C)(C)C. The van der Waals surface area contributed by atoms with E-state index in [1.54, 1.807) is 6.07 Å².